The van der Waals surface area contributed by atoms with E-state index >= 15 is 0 Å². The summed E-state index contributed by atoms with van der Waals surface area (Å²) in [6.07, 6.45) is 1.08. The Kier molecular flexibility index (Phi) is 7.60. The number of aryl methyl sites for hydroxylation is 1. The summed E-state index contributed by atoms with van der Waals surface area (Å²) < 4.78 is 0. The first-order chi connectivity index (χ1) is 12.8. The second-order valence-corrected chi connectivity index (χ2v) is 8.05. The number of nitrogens with one attached hydrogen (secondary N) is 2. The van der Waals surface area contributed by atoms with Crippen molar-refractivity contribution in [3.8, 4) is 0 Å². The van der Waals surface area contributed by atoms with Gasteiger partial charge in [0.25, 0.3) is 0 Å². The van der Waals surface area contributed by atoms with Crippen LogP contribution in [0, 0.1) is 6.92 Å². The Morgan fingerprint density at radius 2 is 1.63 bits per heavy atom. The van der Waals surface area contributed by atoms with Gasteiger partial charge in [0.2, 0.25) is 5.95 Å². The van der Waals surface area contributed by atoms with Gasteiger partial charge in [-0.1, -0.05) is 45.9 Å². The van der Waals surface area contributed by atoms with Crippen LogP contribution in [-0.2, 0) is 0 Å². The van der Waals surface area contributed by atoms with E-state index in [4.69, 9.17) is 4.98 Å². The Morgan fingerprint density at radius 3 is 2.19 bits per heavy atom. The maximum absolute atomic E-state index is 4.70. The minimum Gasteiger partial charge on any atom is -0.370 e. The molecular weight excluding hydrogens is 334 g/mol. The topological polar surface area (TPSA) is 53.1 Å². The van der Waals surface area contributed by atoms with Crippen LogP contribution in [0.2, 0.25) is 0 Å². The number of para-hydroxylation sites is 1. The number of aromatic nitrogens is 2. The predicted octanol–water partition coefficient (Wildman–Crippen LogP) is 5.14. The van der Waals surface area contributed by atoms with E-state index in [-0.39, 0.29) is 0 Å². The van der Waals surface area contributed by atoms with Crippen LogP contribution in [0.25, 0.3) is 0 Å². The molecule has 1 heterocycles. The van der Waals surface area contributed by atoms with E-state index in [1.54, 1.807) is 0 Å². The smallest absolute Gasteiger partial charge is 0.229 e. The second-order valence-electron chi connectivity index (χ2n) is 8.05. The molecule has 148 valence electrons. The lowest BCUT2D eigenvalue weighted by atomic mass is 9.93. The molecule has 1 aromatic carbocycles. The summed E-state index contributed by atoms with van der Waals surface area (Å²) in [6.45, 7) is 12.9. The highest BCUT2D eigenvalue weighted by molar-refractivity contribution is 5.66. The average molecular weight is 370 g/mol. The van der Waals surface area contributed by atoms with Crippen LogP contribution in [0.5, 0.6) is 0 Å². The quantitative estimate of drug-likeness (QED) is 0.600. The van der Waals surface area contributed by atoms with Gasteiger partial charge in [0.05, 0.1) is 0 Å². The molecule has 0 atom stereocenters. The molecule has 1 aromatic heterocycles. The molecular formula is C22H35N5. The van der Waals surface area contributed by atoms with Crippen LogP contribution >= 0.6 is 0 Å². The van der Waals surface area contributed by atoms with Gasteiger partial charge < -0.3 is 15.5 Å². The zero-order valence-corrected chi connectivity index (χ0v) is 17.9. The summed E-state index contributed by atoms with van der Waals surface area (Å²) in [5.74, 6) is 2.39. The molecule has 5 nitrogen and oxygen atoms in total. The monoisotopic (exact) mass is 369 g/mol. The molecule has 2 aromatic rings. The van der Waals surface area contributed by atoms with Crippen molar-refractivity contribution >= 4 is 17.5 Å². The molecule has 0 saturated carbocycles. The third-order valence-corrected chi connectivity index (χ3v) is 4.55. The first kappa shape index (κ1) is 21.2. The van der Waals surface area contributed by atoms with Gasteiger partial charge in [0, 0.05) is 24.0 Å². The fraction of sp³-hybridized carbons (Fsp3) is 0.545. The lowest BCUT2D eigenvalue weighted by Crippen LogP contribution is -2.17. The minimum atomic E-state index is 0.430. The summed E-state index contributed by atoms with van der Waals surface area (Å²) in [6, 6.07) is 8.52. The fourth-order valence-electron chi connectivity index (χ4n) is 3.13. The van der Waals surface area contributed by atoms with Crippen LogP contribution in [0.15, 0.2) is 24.3 Å². The molecule has 2 N–H and O–H groups in total. The fourth-order valence-corrected chi connectivity index (χ4v) is 3.13. The number of hydrogen-bond acceptors (Lipinski definition) is 5. The van der Waals surface area contributed by atoms with E-state index in [9.17, 15) is 0 Å². The van der Waals surface area contributed by atoms with Crippen LogP contribution in [0.4, 0.5) is 17.5 Å². The van der Waals surface area contributed by atoms with Crippen molar-refractivity contribution in [2.24, 2.45) is 0 Å². The molecule has 0 spiro atoms. The molecule has 0 aliphatic heterocycles. The molecule has 0 bridgehead atoms. The molecule has 0 unspecified atom stereocenters. The normalized spacial score (nSPS) is 11.5. The molecule has 0 fully saturated rings. The predicted molar refractivity (Wildman–Crippen MR) is 116 cm³/mol. The molecule has 0 amide bonds. The maximum atomic E-state index is 4.70. The number of anilines is 3. The third kappa shape index (κ3) is 6.21. The van der Waals surface area contributed by atoms with Crippen molar-refractivity contribution in [3.05, 3.63) is 41.1 Å². The molecule has 27 heavy (non-hydrogen) atoms. The zero-order valence-electron chi connectivity index (χ0n) is 17.9. The highest BCUT2D eigenvalue weighted by atomic mass is 15.1. The highest BCUT2D eigenvalue weighted by Crippen LogP contribution is 2.34. The van der Waals surface area contributed by atoms with Crippen LogP contribution < -0.4 is 10.6 Å². The Bertz CT molecular complexity index is 711. The first-order valence-electron chi connectivity index (χ1n) is 9.92. The van der Waals surface area contributed by atoms with Gasteiger partial charge >= 0.3 is 0 Å². The summed E-state index contributed by atoms with van der Waals surface area (Å²) in [7, 11) is 4.19. The number of nitrogens with zero attached hydrogens (tertiary/aromatic N) is 3. The summed E-state index contributed by atoms with van der Waals surface area (Å²) in [4.78, 5) is 11.5. The first-order valence-corrected chi connectivity index (χ1v) is 9.92. The van der Waals surface area contributed by atoms with Gasteiger partial charge in [-0.05, 0) is 56.9 Å². The second kappa shape index (κ2) is 9.70. The lowest BCUT2D eigenvalue weighted by molar-refractivity contribution is 0.405. The molecule has 0 aliphatic carbocycles. The van der Waals surface area contributed by atoms with Crippen molar-refractivity contribution in [1.29, 1.82) is 0 Å². The van der Waals surface area contributed by atoms with Crippen LogP contribution in [-0.4, -0.2) is 42.1 Å². The van der Waals surface area contributed by atoms with E-state index in [1.807, 2.05) is 13.0 Å². The van der Waals surface area contributed by atoms with Crippen LogP contribution in [0.1, 0.15) is 62.8 Å². The van der Waals surface area contributed by atoms with E-state index in [0.29, 0.717) is 17.8 Å². The van der Waals surface area contributed by atoms with Crippen molar-refractivity contribution in [2.75, 3.05) is 37.8 Å². The molecule has 0 aliphatic rings. The lowest BCUT2D eigenvalue weighted by Gasteiger charge is -2.20. The number of hydrogen-bond donors (Lipinski definition) is 2. The number of benzene rings is 1. The summed E-state index contributed by atoms with van der Waals surface area (Å²) in [5.41, 5.74) is 4.70. The Morgan fingerprint density at radius 1 is 1.00 bits per heavy atom. The molecule has 0 radical (unpaired) electrons. The van der Waals surface area contributed by atoms with E-state index in [0.717, 1.165) is 36.7 Å². The van der Waals surface area contributed by atoms with Crippen molar-refractivity contribution < 1.29 is 0 Å². The van der Waals surface area contributed by atoms with Crippen molar-refractivity contribution in [1.82, 2.24) is 14.9 Å². The summed E-state index contributed by atoms with van der Waals surface area (Å²) in [5, 5.41) is 6.95. The Balaban J connectivity index is 2.24. The van der Waals surface area contributed by atoms with E-state index in [1.165, 1.54) is 11.1 Å². The largest absolute Gasteiger partial charge is 0.370 e. The van der Waals surface area contributed by atoms with Gasteiger partial charge in [-0.15, -0.1) is 0 Å². The standard InChI is InChI=1S/C22H35N5/c1-15(2)18-10-8-11-19(16(3)4)21(18)26-22-24-17(5)14-20(25-22)23-12-9-13-27(6)7/h8,10-11,14-16H,9,12-13H2,1-7H3,(H2,23,24,25,26). The summed E-state index contributed by atoms with van der Waals surface area (Å²) >= 11 is 0. The van der Waals surface area contributed by atoms with Gasteiger partial charge in [-0.2, -0.15) is 4.98 Å². The maximum Gasteiger partial charge on any atom is 0.229 e. The SMILES string of the molecule is Cc1cc(NCCCN(C)C)nc(Nc2c(C(C)C)cccc2C(C)C)n1. The average Bonchev–Trinajstić information content (AvgIpc) is 2.58. The molecule has 2 rings (SSSR count). The van der Waals surface area contributed by atoms with Gasteiger partial charge in [-0.25, -0.2) is 4.98 Å². The minimum absolute atomic E-state index is 0.430. The molecule has 5 heteroatoms. The third-order valence-electron chi connectivity index (χ3n) is 4.55. The highest BCUT2D eigenvalue weighted by Gasteiger charge is 2.15. The van der Waals surface area contributed by atoms with Gasteiger partial charge in [0.1, 0.15) is 5.82 Å². The molecule has 0 saturated heterocycles. The van der Waals surface area contributed by atoms with Crippen LogP contribution in [0.3, 0.4) is 0 Å². The van der Waals surface area contributed by atoms with Gasteiger partial charge in [-0.3, -0.25) is 0 Å². The Labute approximate surface area is 164 Å². The Hall–Kier alpha value is -2.14. The number of rotatable bonds is 9. The van der Waals surface area contributed by atoms with Crippen molar-refractivity contribution in [2.45, 2.75) is 52.9 Å². The van der Waals surface area contributed by atoms with E-state index < -0.39 is 0 Å². The van der Waals surface area contributed by atoms with Crippen molar-refractivity contribution in [3.63, 3.8) is 0 Å². The van der Waals surface area contributed by atoms with E-state index in [2.05, 4.69) is 80.5 Å². The van der Waals surface area contributed by atoms with Gasteiger partial charge in [0.15, 0.2) is 0 Å². The zero-order chi connectivity index (χ0) is 20.0.